The number of hydrogen-bond donors (Lipinski definition) is 1. The Morgan fingerprint density at radius 2 is 1.70 bits per heavy atom. The minimum absolute atomic E-state index is 0.000121. The third kappa shape index (κ3) is 5.04. The number of esters is 2. The van der Waals surface area contributed by atoms with Gasteiger partial charge in [0.2, 0.25) is 11.5 Å². The fourth-order valence-corrected chi connectivity index (χ4v) is 2.26. The highest BCUT2D eigenvalue weighted by atomic mass is 16.6. The molecule has 142 valence electrons. The molecule has 1 amide bonds. The van der Waals surface area contributed by atoms with Gasteiger partial charge in [0.25, 0.3) is 5.91 Å². The molecular weight excluding hydrogens is 354 g/mol. The van der Waals surface area contributed by atoms with Gasteiger partial charge < -0.3 is 19.5 Å². The number of carbonyl (C=O) groups excluding carboxylic acids is 4. The van der Waals surface area contributed by atoms with Gasteiger partial charge in [0.15, 0.2) is 12.2 Å². The second-order valence-corrected chi connectivity index (χ2v) is 5.27. The number of rotatable bonds is 7. The molecule has 2 rings (SSSR count). The monoisotopic (exact) mass is 373 g/mol. The number of ether oxygens (including phenoxy) is 3. The number of ketones is 1. The molecule has 8 nitrogen and oxygen atoms in total. The maximum absolute atomic E-state index is 12.7. The van der Waals surface area contributed by atoms with E-state index in [1.54, 1.807) is 44.2 Å². The Bertz CT molecular complexity index is 809. The van der Waals surface area contributed by atoms with Gasteiger partial charge in [-0.3, -0.25) is 9.59 Å². The highest BCUT2D eigenvalue weighted by molar-refractivity contribution is 6.31. The van der Waals surface area contributed by atoms with Gasteiger partial charge in [0.1, 0.15) is 0 Å². The number of benzene rings is 1. The fraction of sp³-hybridized carbons (Fsp3) is 0.263. The lowest BCUT2D eigenvalue weighted by Crippen LogP contribution is -2.40. The number of nitrogens with one attached hydrogen (secondary N) is 1. The Kier molecular flexibility index (Phi) is 6.87. The van der Waals surface area contributed by atoms with E-state index in [0.29, 0.717) is 5.56 Å². The molecule has 8 heteroatoms. The van der Waals surface area contributed by atoms with Crippen molar-refractivity contribution >= 4 is 29.7 Å². The number of allylic oxidation sites excluding steroid dienone is 1. The zero-order valence-corrected chi connectivity index (χ0v) is 14.9. The van der Waals surface area contributed by atoms with Gasteiger partial charge >= 0.3 is 11.9 Å². The molecule has 0 aliphatic carbocycles. The van der Waals surface area contributed by atoms with Crippen LogP contribution in [0.5, 0.6) is 0 Å². The van der Waals surface area contributed by atoms with E-state index < -0.39 is 41.6 Å². The summed E-state index contributed by atoms with van der Waals surface area (Å²) in [4.78, 5) is 48.8. The highest BCUT2D eigenvalue weighted by Gasteiger charge is 2.37. The van der Waals surface area contributed by atoms with Crippen LogP contribution in [0.4, 0.5) is 0 Å². The molecule has 0 aromatic heterocycles. The van der Waals surface area contributed by atoms with Crippen LogP contribution in [-0.2, 0) is 33.4 Å². The van der Waals surface area contributed by atoms with Crippen LogP contribution in [0.1, 0.15) is 19.4 Å². The Balaban J connectivity index is 2.38. The van der Waals surface area contributed by atoms with Crippen molar-refractivity contribution < 1.29 is 33.4 Å². The van der Waals surface area contributed by atoms with Crippen molar-refractivity contribution in [1.82, 2.24) is 5.32 Å². The van der Waals surface area contributed by atoms with Crippen LogP contribution in [0.3, 0.4) is 0 Å². The average molecular weight is 373 g/mol. The third-order valence-corrected chi connectivity index (χ3v) is 3.38. The fourth-order valence-electron chi connectivity index (χ4n) is 2.26. The molecule has 0 bridgehead atoms. The molecule has 1 aromatic rings. The summed E-state index contributed by atoms with van der Waals surface area (Å²) >= 11 is 0. The maximum atomic E-state index is 12.7. The Labute approximate surface area is 155 Å². The van der Waals surface area contributed by atoms with E-state index >= 15 is 0 Å². The van der Waals surface area contributed by atoms with Gasteiger partial charge in [-0.15, -0.1) is 0 Å². The van der Waals surface area contributed by atoms with Gasteiger partial charge in [-0.1, -0.05) is 30.3 Å². The number of amides is 1. The summed E-state index contributed by atoms with van der Waals surface area (Å²) in [6, 6.07) is 8.78. The molecule has 1 aliphatic rings. The van der Waals surface area contributed by atoms with Crippen molar-refractivity contribution in [2.75, 3.05) is 19.8 Å². The van der Waals surface area contributed by atoms with Crippen molar-refractivity contribution in [3.05, 3.63) is 52.9 Å². The summed E-state index contributed by atoms with van der Waals surface area (Å²) in [7, 11) is 0. The van der Waals surface area contributed by atoms with Crippen LogP contribution in [-0.4, -0.2) is 43.4 Å². The van der Waals surface area contributed by atoms with Gasteiger partial charge in [0, 0.05) is 0 Å². The molecule has 1 aromatic carbocycles. The molecule has 0 unspecified atom stereocenters. The van der Waals surface area contributed by atoms with Crippen LogP contribution in [0.25, 0.3) is 6.08 Å². The normalized spacial score (nSPS) is 15.4. The third-order valence-electron chi connectivity index (χ3n) is 3.38. The topological polar surface area (TPSA) is 108 Å². The first-order chi connectivity index (χ1) is 13.0. The van der Waals surface area contributed by atoms with E-state index in [2.05, 4.69) is 5.32 Å². The van der Waals surface area contributed by atoms with E-state index in [-0.39, 0.29) is 18.9 Å². The van der Waals surface area contributed by atoms with Gasteiger partial charge in [-0.05, 0) is 25.5 Å². The number of carbonyl (C=O) groups is 4. The molecule has 1 N–H and O–H groups in total. The zero-order chi connectivity index (χ0) is 19.8. The predicted octanol–water partition coefficient (Wildman–Crippen LogP) is 1.12. The molecule has 27 heavy (non-hydrogen) atoms. The average Bonchev–Trinajstić information content (AvgIpc) is 2.64. The zero-order valence-electron chi connectivity index (χ0n) is 14.9. The Morgan fingerprint density at radius 3 is 2.33 bits per heavy atom. The first-order valence-corrected chi connectivity index (χ1v) is 8.30. The molecule has 1 aliphatic heterocycles. The summed E-state index contributed by atoms with van der Waals surface area (Å²) in [5.74, 6) is -3.91. The summed E-state index contributed by atoms with van der Waals surface area (Å²) in [6.07, 6.45) is 1.43. The summed E-state index contributed by atoms with van der Waals surface area (Å²) < 4.78 is 14.7. The molecule has 0 spiro atoms. The maximum Gasteiger partial charge on any atom is 0.346 e. The summed E-state index contributed by atoms with van der Waals surface area (Å²) in [5, 5.41) is 2.38. The van der Waals surface area contributed by atoms with Crippen molar-refractivity contribution in [3.8, 4) is 0 Å². The van der Waals surface area contributed by atoms with E-state index in [0.717, 1.165) is 0 Å². The summed E-state index contributed by atoms with van der Waals surface area (Å²) in [6.45, 7) is 2.68. The molecular formula is C19H19NO7. The second kappa shape index (κ2) is 9.33. The van der Waals surface area contributed by atoms with Crippen molar-refractivity contribution in [2.45, 2.75) is 13.8 Å². The largest absolute Gasteiger partial charge is 0.475 e. The smallest absolute Gasteiger partial charge is 0.346 e. The van der Waals surface area contributed by atoms with Gasteiger partial charge in [-0.25, -0.2) is 9.59 Å². The van der Waals surface area contributed by atoms with Crippen molar-refractivity contribution in [1.29, 1.82) is 0 Å². The molecule has 0 fully saturated rings. The summed E-state index contributed by atoms with van der Waals surface area (Å²) in [5.41, 5.74) is -0.00920. The minimum atomic E-state index is -1.00. The van der Waals surface area contributed by atoms with Crippen LogP contribution in [0.2, 0.25) is 0 Å². The first-order valence-electron chi connectivity index (χ1n) is 8.30. The number of Topliss-reactive ketones (excluding diaryl/α,β-unsaturated/α-hetero) is 1. The minimum Gasteiger partial charge on any atom is -0.475 e. The molecule has 0 atom stereocenters. The van der Waals surface area contributed by atoms with Gasteiger partial charge in [0.05, 0.1) is 18.9 Å². The van der Waals surface area contributed by atoms with Crippen LogP contribution in [0.15, 0.2) is 47.4 Å². The van der Waals surface area contributed by atoms with E-state index in [9.17, 15) is 19.2 Å². The molecule has 1 heterocycles. The van der Waals surface area contributed by atoms with Crippen LogP contribution >= 0.6 is 0 Å². The first kappa shape index (κ1) is 19.9. The van der Waals surface area contributed by atoms with Crippen LogP contribution in [0, 0.1) is 0 Å². The second-order valence-electron chi connectivity index (χ2n) is 5.27. The predicted molar refractivity (Wildman–Crippen MR) is 93.8 cm³/mol. The lowest BCUT2D eigenvalue weighted by Gasteiger charge is -2.20. The standard InChI is InChI=1S/C19H19NO7/c1-3-25-14(21)11-27-17-15(19(24)26-4-2)16(22)13(20-18(17)23)10-12-8-6-5-7-9-12/h5-10H,3-4,11H2,1-2H3,(H,20,23)/b13-10-. The SMILES string of the molecule is CCOC(=O)COC1=C(C(=O)OCC)C(=O)/C(=C/c2ccccc2)NC1=O. The van der Waals surface area contributed by atoms with Crippen molar-refractivity contribution in [2.24, 2.45) is 0 Å². The highest BCUT2D eigenvalue weighted by Crippen LogP contribution is 2.21. The molecule has 0 saturated heterocycles. The van der Waals surface area contributed by atoms with Gasteiger partial charge in [-0.2, -0.15) is 0 Å². The quantitative estimate of drug-likeness (QED) is 0.433. The van der Waals surface area contributed by atoms with E-state index in [4.69, 9.17) is 14.2 Å². The van der Waals surface area contributed by atoms with Crippen LogP contribution < -0.4 is 5.32 Å². The van der Waals surface area contributed by atoms with Crippen molar-refractivity contribution in [3.63, 3.8) is 0 Å². The molecule has 0 radical (unpaired) electrons. The van der Waals surface area contributed by atoms with E-state index in [1.165, 1.54) is 6.08 Å². The lowest BCUT2D eigenvalue weighted by atomic mass is 10.0. The number of hydrogen-bond acceptors (Lipinski definition) is 7. The van der Waals surface area contributed by atoms with E-state index in [1.807, 2.05) is 0 Å². The Morgan fingerprint density at radius 1 is 1.04 bits per heavy atom. The Hall–Kier alpha value is -3.42. The lowest BCUT2D eigenvalue weighted by molar-refractivity contribution is -0.149. The molecule has 0 saturated carbocycles.